The number of carbonyl (C=O) groups is 1. The maximum absolute atomic E-state index is 12.4. The van der Waals surface area contributed by atoms with Crippen LogP contribution in [0.25, 0.3) is 11.0 Å². The fourth-order valence-corrected chi connectivity index (χ4v) is 3.55. The zero-order valence-corrected chi connectivity index (χ0v) is 11.5. The van der Waals surface area contributed by atoms with Crippen molar-refractivity contribution < 1.29 is 9.21 Å². The fraction of sp³-hybridized carbons (Fsp3) is 0.438. The molecule has 0 aliphatic carbocycles. The smallest absolute Gasteiger partial charge is 0.251 e. The van der Waals surface area contributed by atoms with Gasteiger partial charge in [0.1, 0.15) is 11.3 Å². The van der Waals surface area contributed by atoms with Crippen LogP contribution in [0.2, 0.25) is 0 Å². The summed E-state index contributed by atoms with van der Waals surface area (Å²) in [5, 5.41) is 7.69. The molecule has 3 heterocycles. The number of hydrogen-bond donors (Lipinski definition) is 2. The maximum Gasteiger partial charge on any atom is 0.251 e. The van der Waals surface area contributed by atoms with Crippen LogP contribution in [0.15, 0.2) is 28.7 Å². The summed E-state index contributed by atoms with van der Waals surface area (Å²) < 4.78 is 5.53. The van der Waals surface area contributed by atoms with Gasteiger partial charge in [-0.05, 0) is 50.5 Å². The molecular weight excluding hydrogens is 252 g/mol. The van der Waals surface area contributed by atoms with Gasteiger partial charge >= 0.3 is 0 Å². The molecule has 1 aromatic carbocycles. The van der Waals surface area contributed by atoms with E-state index in [4.69, 9.17) is 4.42 Å². The van der Waals surface area contributed by atoms with Crippen LogP contribution < -0.4 is 10.6 Å². The summed E-state index contributed by atoms with van der Waals surface area (Å²) in [4.78, 5) is 12.4. The van der Waals surface area contributed by atoms with Crippen LogP contribution in [0, 0.1) is 6.92 Å². The Morgan fingerprint density at radius 2 is 2.25 bits per heavy atom. The lowest BCUT2D eigenvalue weighted by atomic mass is 9.95. The zero-order valence-electron chi connectivity index (χ0n) is 11.5. The van der Waals surface area contributed by atoms with E-state index >= 15 is 0 Å². The van der Waals surface area contributed by atoms with Gasteiger partial charge in [-0.15, -0.1) is 0 Å². The molecule has 104 valence electrons. The molecule has 2 bridgehead atoms. The highest BCUT2D eigenvalue weighted by molar-refractivity contribution is 5.98. The molecule has 3 atom stereocenters. The van der Waals surface area contributed by atoms with Crippen LogP contribution >= 0.6 is 0 Å². The average molecular weight is 270 g/mol. The molecule has 0 saturated carbocycles. The summed E-state index contributed by atoms with van der Waals surface area (Å²) in [5.41, 5.74) is 1.54. The minimum atomic E-state index is 0.0186. The average Bonchev–Trinajstić information content (AvgIpc) is 3.10. The highest BCUT2D eigenvalue weighted by Crippen LogP contribution is 2.28. The largest absolute Gasteiger partial charge is 0.461 e. The van der Waals surface area contributed by atoms with Gasteiger partial charge in [-0.2, -0.15) is 0 Å². The molecule has 1 amide bonds. The number of benzene rings is 1. The third kappa shape index (κ3) is 1.91. The first kappa shape index (κ1) is 12.0. The van der Waals surface area contributed by atoms with Crippen molar-refractivity contribution in [2.24, 2.45) is 0 Å². The van der Waals surface area contributed by atoms with E-state index in [0.717, 1.165) is 23.2 Å². The molecule has 2 aliphatic rings. The molecular formula is C16H18N2O2. The molecule has 4 nitrogen and oxygen atoms in total. The van der Waals surface area contributed by atoms with Gasteiger partial charge in [0.05, 0.1) is 0 Å². The SMILES string of the molecule is Cc1cc2cc(C(=O)N[C@@H]3CC4CCC3N4)ccc2o1. The Bertz CT molecular complexity index is 676. The van der Waals surface area contributed by atoms with Crippen molar-refractivity contribution in [1.29, 1.82) is 0 Å². The number of fused-ring (bicyclic) bond motifs is 3. The highest BCUT2D eigenvalue weighted by atomic mass is 16.3. The van der Waals surface area contributed by atoms with E-state index in [9.17, 15) is 4.79 Å². The molecule has 4 heteroatoms. The van der Waals surface area contributed by atoms with E-state index in [2.05, 4.69) is 10.6 Å². The molecule has 2 aromatic rings. The number of nitrogens with one attached hydrogen (secondary N) is 2. The Hall–Kier alpha value is -1.81. The van der Waals surface area contributed by atoms with Crippen molar-refractivity contribution >= 4 is 16.9 Å². The second kappa shape index (κ2) is 4.35. The van der Waals surface area contributed by atoms with Crippen LogP contribution in [0.4, 0.5) is 0 Å². The molecule has 2 saturated heterocycles. The van der Waals surface area contributed by atoms with Crippen molar-refractivity contribution in [3.05, 3.63) is 35.6 Å². The van der Waals surface area contributed by atoms with Gasteiger partial charge in [0.2, 0.25) is 0 Å². The molecule has 1 aromatic heterocycles. The van der Waals surface area contributed by atoms with E-state index in [1.807, 2.05) is 31.2 Å². The zero-order chi connectivity index (χ0) is 13.7. The fourth-order valence-electron chi connectivity index (χ4n) is 3.55. The van der Waals surface area contributed by atoms with Gasteiger partial charge in [0.15, 0.2) is 0 Å². The van der Waals surface area contributed by atoms with Crippen LogP contribution in [-0.2, 0) is 0 Å². The van der Waals surface area contributed by atoms with Crippen LogP contribution in [-0.4, -0.2) is 24.0 Å². The van der Waals surface area contributed by atoms with E-state index in [0.29, 0.717) is 17.6 Å². The van der Waals surface area contributed by atoms with Crippen molar-refractivity contribution in [3.8, 4) is 0 Å². The van der Waals surface area contributed by atoms with Gasteiger partial charge < -0.3 is 15.1 Å². The van der Waals surface area contributed by atoms with Crippen molar-refractivity contribution in [2.75, 3.05) is 0 Å². The molecule has 2 N–H and O–H groups in total. The Balaban J connectivity index is 1.54. The number of amides is 1. The molecule has 4 rings (SSSR count). The van der Waals surface area contributed by atoms with Crippen molar-refractivity contribution in [3.63, 3.8) is 0 Å². The predicted molar refractivity (Wildman–Crippen MR) is 76.8 cm³/mol. The first-order chi connectivity index (χ1) is 9.69. The molecule has 0 spiro atoms. The van der Waals surface area contributed by atoms with Gasteiger partial charge in [-0.1, -0.05) is 0 Å². The summed E-state index contributed by atoms with van der Waals surface area (Å²) >= 11 is 0. The first-order valence-corrected chi connectivity index (χ1v) is 7.26. The third-order valence-corrected chi connectivity index (χ3v) is 4.52. The maximum atomic E-state index is 12.4. The lowest BCUT2D eigenvalue weighted by Crippen LogP contribution is -2.42. The van der Waals surface area contributed by atoms with Gasteiger partial charge in [0.25, 0.3) is 5.91 Å². The Morgan fingerprint density at radius 1 is 1.35 bits per heavy atom. The lowest BCUT2D eigenvalue weighted by Gasteiger charge is -2.21. The van der Waals surface area contributed by atoms with Crippen molar-refractivity contribution in [2.45, 2.75) is 44.3 Å². The molecule has 20 heavy (non-hydrogen) atoms. The minimum Gasteiger partial charge on any atom is -0.461 e. The molecule has 2 aliphatic heterocycles. The molecule has 2 unspecified atom stereocenters. The number of hydrogen-bond acceptors (Lipinski definition) is 3. The summed E-state index contributed by atoms with van der Waals surface area (Å²) in [6.45, 7) is 1.92. The second-order valence-electron chi connectivity index (χ2n) is 5.97. The van der Waals surface area contributed by atoms with Gasteiger partial charge in [-0.25, -0.2) is 0 Å². The van der Waals surface area contributed by atoms with Crippen LogP contribution in [0.1, 0.15) is 35.4 Å². The standard InChI is InChI=1S/C16H18N2O2/c1-9-6-11-7-10(2-5-15(11)20-9)16(19)18-14-8-12-3-4-13(14)17-12/h2,5-7,12-14,17H,3-4,8H2,1H3,(H,18,19)/t12?,13?,14-/m1/s1. The van der Waals surface area contributed by atoms with Gasteiger partial charge in [0, 0.05) is 29.1 Å². The Kier molecular flexibility index (Phi) is 2.60. The van der Waals surface area contributed by atoms with E-state index in [1.54, 1.807) is 0 Å². The van der Waals surface area contributed by atoms with E-state index in [-0.39, 0.29) is 11.9 Å². The minimum absolute atomic E-state index is 0.0186. The highest BCUT2D eigenvalue weighted by Gasteiger charge is 2.39. The number of furan rings is 1. The summed E-state index contributed by atoms with van der Waals surface area (Å²) in [5.74, 6) is 0.889. The van der Waals surface area contributed by atoms with E-state index in [1.165, 1.54) is 12.8 Å². The Morgan fingerprint density at radius 3 is 3.00 bits per heavy atom. The second-order valence-corrected chi connectivity index (χ2v) is 5.97. The Labute approximate surface area is 117 Å². The van der Waals surface area contributed by atoms with Crippen LogP contribution in [0.5, 0.6) is 0 Å². The number of carbonyl (C=O) groups excluding carboxylic acids is 1. The topological polar surface area (TPSA) is 54.3 Å². The van der Waals surface area contributed by atoms with E-state index < -0.39 is 0 Å². The summed E-state index contributed by atoms with van der Waals surface area (Å²) in [6, 6.07) is 8.92. The quantitative estimate of drug-likeness (QED) is 0.881. The molecule has 2 fully saturated rings. The third-order valence-electron chi connectivity index (χ3n) is 4.52. The summed E-state index contributed by atoms with van der Waals surface area (Å²) in [7, 11) is 0. The normalized spacial score (nSPS) is 28.1. The van der Waals surface area contributed by atoms with Gasteiger partial charge in [-0.3, -0.25) is 4.79 Å². The molecule has 0 radical (unpaired) electrons. The number of aryl methyl sites for hydroxylation is 1. The first-order valence-electron chi connectivity index (χ1n) is 7.26. The predicted octanol–water partition coefficient (Wildman–Crippen LogP) is 2.36. The van der Waals surface area contributed by atoms with Crippen LogP contribution in [0.3, 0.4) is 0 Å². The number of rotatable bonds is 2. The van der Waals surface area contributed by atoms with Crippen molar-refractivity contribution in [1.82, 2.24) is 10.6 Å². The monoisotopic (exact) mass is 270 g/mol. The summed E-state index contributed by atoms with van der Waals surface area (Å²) in [6.07, 6.45) is 3.48. The lowest BCUT2D eigenvalue weighted by molar-refractivity contribution is 0.0931.